The number of para-hydroxylation sites is 1. The summed E-state index contributed by atoms with van der Waals surface area (Å²) in [4.78, 5) is 13.6. The van der Waals surface area contributed by atoms with E-state index < -0.39 is 0 Å². The molecule has 4 aromatic rings. The summed E-state index contributed by atoms with van der Waals surface area (Å²) in [6.45, 7) is 0.250. The van der Waals surface area contributed by atoms with E-state index in [1.165, 1.54) is 0 Å². The molecule has 26 heavy (non-hydrogen) atoms. The number of hydrogen-bond acceptors (Lipinski definition) is 6. The van der Waals surface area contributed by atoms with Gasteiger partial charge in [-0.1, -0.05) is 12.1 Å². The molecule has 1 aliphatic heterocycles. The molecule has 126 valence electrons. The monoisotopic (exact) mass is 342 g/mol. The van der Waals surface area contributed by atoms with Crippen LogP contribution in [0.4, 0.5) is 11.5 Å². The molecule has 0 saturated heterocycles. The Hall–Kier alpha value is -3.67. The lowest BCUT2D eigenvalue weighted by Gasteiger charge is -2.11. The quantitative estimate of drug-likeness (QED) is 0.603. The Morgan fingerprint density at radius 3 is 2.73 bits per heavy atom. The van der Waals surface area contributed by atoms with E-state index in [1.54, 1.807) is 12.4 Å². The molecule has 5 rings (SSSR count). The van der Waals surface area contributed by atoms with Gasteiger partial charge in [0, 0.05) is 35.1 Å². The van der Waals surface area contributed by atoms with Crippen LogP contribution in [0.1, 0.15) is 0 Å². The van der Waals surface area contributed by atoms with Crippen LogP contribution in [0.2, 0.25) is 0 Å². The highest BCUT2D eigenvalue weighted by molar-refractivity contribution is 5.92. The Labute approximate surface area is 149 Å². The standard InChI is InChI=1S/C20H14N4O2/c1-2-6-16-15(5-1)20(24-19(23-16)13-4-3-9-21-11-13)22-14-7-8-17-18(10-14)26-12-25-17/h1-11H,12H2,(H,22,23,24). The summed E-state index contributed by atoms with van der Waals surface area (Å²) in [6, 6.07) is 17.5. The summed E-state index contributed by atoms with van der Waals surface area (Å²) >= 11 is 0. The summed E-state index contributed by atoms with van der Waals surface area (Å²) < 4.78 is 10.8. The summed E-state index contributed by atoms with van der Waals surface area (Å²) in [6.07, 6.45) is 3.49. The fourth-order valence-corrected chi connectivity index (χ4v) is 2.91. The van der Waals surface area contributed by atoms with Crippen molar-refractivity contribution < 1.29 is 9.47 Å². The van der Waals surface area contributed by atoms with Gasteiger partial charge in [0.1, 0.15) is 5.82 Å². The van der Waals surface area contributed by atoms with Crippen molar-refractivity contribution >= 4 is 22.4 Å². The molecule has 0 radical (unpaired) electrons. The zero-order valence-corrected chi connectivity index (χ0v) is 13.7. The van der Waals surface area contributed by atoms with Gasteiger partial charge in [0.05, 0.1) is 5.52 Å². The molecule has 0 aliphatic carbocycles. The predicted molar refractivity (Wildman–Crippen MR) is 98.6 cm³/mol. The average molecular weight is 342 g/mol. The van der Waals surface area contributed by atoms with Gasteiger partial charge in [0.15, 0.2) is 17.3 Å². The predicted octanol–water partition coefficient (Wildman–Crippen LogP) is 4.16. The van der Waals surface area contributed by atoms with Crippen LogP contribution in [0.25, 0.3) is 22.3 Å². The van der Waals surface area contributed by atoms with E-state index in [4.69, 9.17) is 14.5 Å². The molecule has 0 atom stereocenters. The highest BCUT2D eigenvalue weighted by Gasteiger charge is 2.15. The number of anilines is 2. The molecule has 2 aromatic carbocycles. The highest BCUT2D eigenvalue weighted by Crippen LogP contribution is 2.36. The molecule has 1 N–H and O–H groups in total. The Morgan fingerprint density at radius 2 is 1.81 bits per heavy atom. The maximum Gasteiger partial charge on any atom is 0.231 e. The molecule has 0 saturated carbocycles. The third kappa shape index (κ3) is 2.57. The van der Waals surface area contributed by atoms with Crippen molar-refractivity contribution in [1.82, 2.24) is 15.0 Å². The molecule has 0 unspecified atom stereocenters. The zero-order chi connectivity index (χ0) is 17.3. The van der Waals surface area contributed by atoms with Crippen molar-refractivity contribution in [3.05, 3.63) is 67.0 Å². The Balaban J connectivity index is 1.62. The minimum Gasteiger partial charge on any atom is -0.454 e. The van der Waals surface area contributed by atoms with Gasteiger partial charge in [0.2, 0.25) is 6.79 Å². The van der Waals surface area contributed by atoms with Gasteiger partial charge in [-0.15, -0.1) is 0 Å². The van der Waals surface area contributed by atoms with E-state index in [0.29, 0.717) is 5.82 Å². The van der Waals surface area contributed by atoms with E-state index in [9.17, 15) is 0 Å². The van der Waals surface area contributed by atoms with Gasteiger partial charge >= 0.3 is 0 Å². The Bertz CT molecular complexity index is 1100. The third-order valence-electron chi connectivity index (χ3n) is 4.16. The highest BCUT2D eigenvalue weighted by atomic mass is 16.7. The number of nitrogens with one attached hydrogen (secondary N) is 1. The molecule has 2 aromatic heterocycles. The number of nitrogens with zero attached hydrogens (tertiary/aromatic N) is 3. The molecule has 0 bridgehead atoms. The van der Waals surface area contributed by atoms with Crippen molar-refractivity contribution in [2.24, 2.45) is 0 Å². The van der Waals surface area contributed by atoms with Crippen LogP contribution in [0.15, 0.2) is 67.0 Å². The number of hydrogen-bond donors (Lipinski definition) is 1. The number of fused-ring (bicyclic) bond motifs is 2. The van der Waals surface area contributed by atoms with Gasteiger partial charge in [-0.3, -0.25) is 4.98 Å². The molecule has 6 nitrogen and oxygen atoms in total. The van der Waals surface area contributed by atoms with Crippen molar-refractivity contribution in [3.63, 3.8) is 0 Å². The van der Waals surface area contributed by atoms with Crippen molar-refractivity contribution in [3.8, 4) is 22.9 Å². The van der Waals surface area contributed by atoms with Gasteiger partial charge in [0.25, 0.3) is 0 Å². The molecule has 6 heteroatoms. The third-order valence-corrected chi connectivity index (χ3v) is 4.16. The van der Waals surface area contributed by atoms with Gasteiger partial charge < -0.3 is 14.8 Å². The van der Waals surface area contributed by atoms with E-state index in [0.717, 1.165) is 39.5 Å². The van der Waals surface area contributed by atoms with Crippen molar-refractivity contribution in [2.75, 3.05) is 12.1 Å². The molecule has 3 heterocycles. The largest absolute Gasteiger partial charge is 0.454 e. The Kier molecular flexibility index (Phi) is 3.38. The van der Waals surface area contributed by atoms with Crippen LogP contribution in [-0.4, -0.2) is 21.7 Å². The molecule has 0 fully saturated rings. The van der Waals surface area contributed by atoms with Crippen molar-refractivity contribution in [1.29, 1.82) is 0 Å². The number of rotatable bonds is 3. The summed E-state index contributed by atoms with van der Waals surface area (Å²) in [5.41, 5.74) is 2.60. The van der Waals surface area contributed by atoms with Gasteiger partial charge in [-0.05, 0) is 36.4 Å². The number of aromatic nitrogens is 3. The molecule has 0 spiro atoms. The molecular formula is C20H14N4O2. The first-order valence-corrected chi connectivity index (χ1v) is 8.21. The first-order chi connectivity index (χ1) is 12.9. The maximum atomic E-state index is 5.45. The maximum absolute atomic E-state index is 5.45. The average Bonchev–Trinajstić information content (AvgIpc) is 3.16. The van der Waals surface area contributed by atoms with E-state index in [-0.39, 0.29) is 6.79 Å². The van der Waals surface area contributed by atoms with Crippen molar-refractivity contribution in [2.45, 2.75) is 0 Å². The second-order valence-electron chi connectivity index (χ2n) is 5.85. The van der Waals surface area contributed by atoms with Crippen LogP contribution < -0.4 is 14.8 Å². The summed E-state index contributed by atoms with van der Waals surface area (Å²) in [5.74, 6) is 2.83. The fourth-order valence-electron chi connectivity index (χ4n) is 2.91. The van der Waals surface area contributed by atoms with Crippen LogP contribution in [0.3, 0.4) is 0 Å². The fraction of sp³-hybridized carbons (Fsp3) is 0.0500. The Morgan fingerprint density at radius 1 is 0.885 bits per heavy atom. The minimum absolute atomic E-state index is 0.250. The van der Waals surface area contributed by atoms with Crippen LogP contribution >= 0.6 is 0 Å². The number of benzene rings is 2. The second-order valence-corrected chi connectivity index (χ2v) is 5.85. The molecular weight excluding hydrogens is 328 g/mol. The van der Waals surface area contributed by atoms with E-state index >= 15 is 0 Å². The normalized spacial score (nSPS) is 12.3. The lowest BCUT2D eigenvalue weighted by atomic mass is 10.2. The SMILES string of the molecule is c1cncc(-c2nc(Nc3ccc4c(c3)OCO4)c3ccccc3n2)c1. The topological polar surface area (TPSA) is 69.2 Å². The van der Waals surface area contributed by atoms with E-state index in [1.807, 2.05) is 54.6 Å². The number of pyridine rings is 1. The van der Waals surface area contributed by atoms with Crippen LogP contribution in [0.5, 0.6) is 11.5 Å². The molecule has 1 aliphatic rings. The second kappa shape index (κ2) is 6.00. The summed E-state index contributed by atoms with van der Waals surface area (Å²) in [5, 5.41) is 4.32. The lowest BCUT2D eigenvalue weighted by molar-refractivity contribution is 0.174. The first-order valence-electron chi connectivity index (χ1n) is 8.21. The first kappa shape index (κ1) is 14.7. The van der Waals surface area contributed by atoms with E-state index in [2.05, 4.69) is 15.3 Å². The van der Waals surface area contributed by atoms with Crippen LogP contribution in [-0.2, 0) is 0 Å². The van der Waals surface area contributed by atoms with Gasteiger partial charge in [-0.2, -0.15) is 0 Å². The van der Waals surface area contributed by atoms with Crippen LogP contribution in [0, 0.1) is 0 Å². The summed E-state index contributed by atoms with van der Waals surface area (Å²) in [7, 11) is 0. The lowest BCUT2D eigenvalue weighted by Crippen LogP contribution is -1.99. The zero-order valence-electron chi connectivity index (χ0n) is 13.7. The molecule has 0 amide bonds. The minimum atomic E-state index is 0.250. The smallest absolute Gasteiger partial charge is 0.231 e. The number of ether oxygens (including phenoxy) is 2. The van der Waals surface area contributed by atoms with Gasteiger partial charge in [-0.25, -0.2) is 9.97 Å².